The molecule has 1 aromatic heterocycles. The van der Waals surface area contributed by atoms with E-state index in [9.17, 15) is 0 Å². The van der Waals surface area contributed by atoms with Gasteiger partial charge in [0.25, 0.3) is 0 Å². The summed E-state index contributed by atoms with van der Waals surface area (Å²) >= 11 is 4.41. The van der Waals surface area contributed by atoms with Gasteiger partial charge >= 0.3 is 0 Å². The van der Waals surface area contributed by atoms with E-state index in [1.807, 2.05) is 23.5 Å². The van der Waals surface area contributed by atoms with Gasteiger partial charge in [-0.15, -0.1) is 0 Å². The first-order valence-corrected chi connectivity index (χ1v) is 8.28. The van der Waals surface area contributed by atoms with E-state index in [0.717, 1.165) is 28.0 Å². The molecule has 0 N–H and O–H groups in total. The summed E-state index contributed by atoms with van der Waals surface area (Å²) in [5.74, 6) is 1.50. The Labute approximate surface area is 150 Å². The van der Waals surface area contributed by atoms with Gasteiger partial charge in [0.15, 0.2) is 0 Å². The Morgan fingerprint density at radius 1 is 1.12 bits per heavy atom. The lowest BCUT2D eigenvalue weighted by Crippen LogP contribution is -2.15. The first-order valence-electron chi connectivity index (χ1n) is 7.88. The summed E-state index contributed by atoms with van der Waals surface area (Å²) < 4.78 is 13.0. The number of thiol groups is 1. The van der Waals surface area contributed by atoms with E-state index in [1.165, 1.54) is 0 Å². The van der Waals surface area contributed by atoms with Crippen LogP contribution in [0.5, 0.6) is 11.6 Å². The molecule has 0 atom stereocenters. The zero-order chi connectivity index (χ0) is 17.9. The van der Waals surface area contributed by atoms with Crippen LogP contribution in [-0.4, -0.2) is 30.6 Å². The molecule has 0 spiro atoms. The molecule has 0 radical (unpaired) electrons. The van der Waals surface area contributed by atoms with E-state index >= 15 is 0 Å². The van der Waals surface area contributed by atoms with Crippen LogP contribution >= 0.6 is 12.8 Å². The topological polar surface area (TPSA) is 34.6 Å². The van der Waals surface area contributed by atoms with Gasteiger partial charge in [-0.2, -0.15) is 0 Å². The van der Waals surface area contributed by atoms with E-state index in [1.54, 1.807) is 20.4 Å². The van der Waals surface area contributed by atoms with Crippen molar-refractivity contribution in [2.24, 2.45) is 0 Å². The second-order valence-electron chi connectivity index (χ2n) is 6.84. The number of rotatable bonds is 5. The third-order valence-corrected chi connectivity index (χ3v) is 4.03. The summed E-state index contributed by atoms with van der Waals surface area (Å²) in [6.07, 6.45) is 1.74. The molecule has 0 saturated carbocycles. The van der Waals surface area contributed by atoms with Crippen LogP contribution in [0.25, 0.3) is 11.1 Å². The highest BCUT2D eigenvalue weighted by Crippen LogP contribution is 2.40. The maximum absolute atomic E-state index is 5.65. The van der Waals surface area contributed by atoms with Gasteiger partial charge in [-0.3, -0.25) is 4.31 Å². The molecule has 0 fully saturated rings. The summed E-state index contributed by atoms with van der Waals surface area (Å²) in [5.41, 5.74) is 4.28. The Kier molecular flexibility index (Phi) is 5.78. The lowest BCUT2D eigenvalue weighted by atomic mass is 9.83. The predicted molar refractivity (Wildman–Crippen MR) is 102 cm³/mol. The number of pyridine rings is 1. The molecule has 1 aromatic carbocycles. The third-order valence-electron chi connectivity index (χ3n) is 3.89. The van der Waals surface area contributed by atoms with Crippen LogP contribution < -0.4 is 9.47 Å². The van der Waals surface area contributed by atoms with Crippen molar-refractivity contribution in [3.05, 3.63) is 41.6 Å². The van der Waals surface area contributed by atoms with Crippen molar-refractivity contribution < 1.29 is 9.47 Å². The van der Waals surface area contributed by atoms with Crippen LogP contribution in [-0.2, 0) is 12.0 Å². The SMILES string of the molecule is COc1cc(CN(C)S)c(-c2cccnc2OC)cc1C(C)(C)C. The van der Waals surface area contributed by atoms with E-state index in [2.05, 4.69) is 50.7 Å². The Morgan fingerprint density at radius 3 is 2.38 bits per heavy atom. The fourth-order valence-electron chi connectivity index (χ4n) is 2.76. The first-order chi connectivity index (χ1) is 11.3. The zero-order valence-corrected chi connectivity index (χ0v) is 16.1. The van der Waals surface area contributed by atoms with E-state index < -0.39 is 0 Å². The molecule has 0 bridgehead atoms. The second kappa shape index (κ2) is 7.45. The van der Waals surface area contributed by atoms with E-state index in [-0.39, 0.29) is 5.41 Å². The van der Waals surface area contributed by atoms with Crippen LogP contribution in [0.2, 0.25) is 0 Å². The Hall–Kier alpha value is -1.72. The molecule has 5 heteroatoms. The fraction of sp³-hybridized carbons (Fsp3) is 0.421. The Bertz CT molecular complexity index is 709. The Morgan fingerprint density at radius 2 is 1.83 bits per heavy atom. The second-order valence-corrected chi connectivity index (χ2v) is 7.52. The predicted octanol–water partition coefficient (Wildman–Crippen LogP) is 4.34. The highest BCUT2D eigenvalue weighted by atomic mass is 32.1. The van der Waals surface area contributed by atoms with Crippen molar-refractivity contribution in [3.8, 4) is 22.8 Å². The number of methoxy groups -OCH3 is 2. The van der Waals surface area contributed by atoms with Crippen molar-refractivity contribution in [2.45, 2.75) is 32.7 Å². The molecule has 0 aliphatic rings. The van der Waals surface area contributed by atoms with Crippen LogP contribution in [0.3, 0.4) is 0 Å². The molecule has 2 rings (SSSR count). The molecule has 0 aliphatic heterocycles. The molecule has 0 unspecified atom stereocenters. The van der Waals surface area contributed by atoms with Gasteiger partial charge in [0, 0.05) is 23.9 Å². The van der Waals surface area contributed by atoms with Crippen molar-refractivity contribution in [1.82, 2.24) is 9.29 Å². The standard InChI is InChI=1S/C19H26N2O2S/c1-19(2,3)16-11-15(14-8-7-9-20-18(14)23-6)13(12-21(4)24)10-17(16)22-5/h7-11,24H,12H2,1-6H3. The highest BCUT2D eigenvalue weighted by Gasteiger charge is 2.23. The number of benzene rings is 1. The van der Waals surface area contributed by atoms with Gasteiger partial charge in [0.05, 0.1) is 14.2 Å². The number of nitrogens with zero attached hydrogens (tertiary/aromatic N) is 2. The smallest absolute Gasteiger partial charge is 0.221 e. The quantitative estimate of drug-likeness (QED) is 0.817. The monoisotopic (exact) mass is 346 g/mol. The summed E-state index contributed by atoms with van der Waals surface area (Å²) in [6.45, 7) is 7.22. The minimum absolute atomic E-state index is 0.0407. The van der Waals surface area contributed by atoms with Gasteiger partial charge in [0.2, 0.25) is 5.88 Å². The van der Waals surface area contributed by atoms with Gasteiger partial charge in [0.1, 0.15) is 5.75 Å². The van der Waals surface area contributed by atoms with Gasteiger partial charge in [-0.25, -0.2) is 4.98 Å². The van der Waals surface area contributed by atoms with E-state index in [0.29, 0.717) is 12.4 Å². The molecule has 2 aromatic rings. The number of hydrogen-bond donors (Lipinski definition) is 1. The molecular weight excluding hydrogens is 320 g/mol. The minimum Gasteiger partial charge on any atom is -0.496 e. The van der Waals surface area contributed by atoms with Crippen molar-refractivity contribution in [3.63, 3.8) is 0 Å². The molecule has 0 saturated heterocycles. The molecule has 4 nitrogen and oxygen atoms in total. The number of ether oxygens (including phenoxy) is 2. The normalized spacial score (nSPS) is 11.7. The molecular formula is C19H26N2O2S. The largest absolute Gasteiger partial charge is 0.496 e. The molecule has 24 heavy (non-hydrogen) atoms. The minimum atomic E-state index is -0.0407. The maximum Gasteiger partial charge on any atom is 0.221 e. The van der Waals surface area contributed by atoms with Crippen molar-refractivity contribution in [2.75, 3.05) is 21.3 Å². The van der Waals surface area contributed by atoms with Crippen LogP contribution in [0.4, 0.5) is 0 Å². The van der Waals surface area contributed by atoms with Crippen molar-refractivity contribution >= 4 is 12.8 Å². The lowest BCUT2D eigenvalue weighted by molar-refractivity contribution is 0.395. The summed E-state index contributed by atoms with van der Waals surface area (Å²) in [7, 11) is 5.28. The van der Waals surface area contributed by atoms with Gasteiger partial charge in [-0.05, 0) is 47.9 Å². The lowest BCUT2D eigenvalue weighted by Gasteiger charge is -2.25. The summed E-state index contributed by atoms with van der Waals surface area (Å²) in [6, 6.07) is 8.23. The molecule has 130 valence electrons. The first kappa shape index (κ1) is 18.6. The van der Waals surface area contributed by atoms with Crippen LogP contribution in [0.15, 0.2) is 30.5 Å². The molecule has 0 amide bonds. The number of aromatic nitrogens is 1. The summed E-state index contributed by atoms with van der Waals surface area (Å²) in [4.78, 5) is 4.34. The van der Waals surface area contributed by atoms with Gasteiger partial charge < -0.3 is 9.47 Å². The number of hydrogen-bond acceptors (Lipinski definition) is 5. The summed E-state index contributed by atoms with van der Waals surface area (Å²) in [5, 5.41) is 0. The average Bonchev–Trinajstić information content (AvgIpc) is 2.52. The maximum atomic E-state index is 5.65. The third kappa shape index (κ3) is 4.02. The Balaban J connectivity index is 2.75. The highest BCUT2D eigenvalue weighted by molar-refractivity contribution is 7.77. The van der Waals surface area contributed by atoms with E-state index in [4.69, 9.17) is 9.47 Å². The zero-order valence-electron chi connectivity index (χ0n) is 15.3. The fourth-order valence-corrected chi connectivity index (χ4v) is 2.92. The molecule has 0 aliphatic carbocycles. The van der Waals surface area contributed by atoms with Crippen LogP contribution in [0, 0.1) is 0 Å². The van der Waals surface area contributed by atoms with Crippen molar-refractivity contribution in [1.29, 1.82) is 0 Å². The van der Waals surface area contributed by atoms with Crippen LogP contribution in [0.1, 0.15) is 31.9 Å². The molecule has 1 heterocycles. The average molecular weight is 346 g/mol. The van der Waals surface area contributed by atoms with Gasteiger partial charge in [-0.1, -0.05) is 33.6 Å².